The number of hydrogen-bond donors (Lipinski definition) is 1. The van der Waals surface area contributed by atoms with E-state index in [0.29, 0.717) is 0 Å². The molecule has 1 N–H and O–H groups in total. The molecule has 3 heteroatoms. The first-order valence-electron chi connectivity index (χ1n) is 7.27. The van der Waals surface area contributed by atoms with Crippen molar-refractivity contribution >= 4 is 5.69 Å². The van der Waals surface area contributed by atoms with E-state index in [0.717, 1.165) is 36.0 Å². The minimum Gasteiger partial charge on any atom is -0.496 e. The monoisotopic (exact) mass is 263 g/mol. The lowest BCUT2D eigenvalue weighted by molar-refractivity contribution is 0.194. The first-order valence-corrected chi connectivity index (χ1v) is 7.27. The summed E-state index contributed by atoms with van der Waals surface area (Å²) < 4.78 is 5.40. The fraction of sp³-hybridized carbons (Fsp3) is 0.625. The van der Waals surface area contributed by atoms with Gasteiger partial charge in [0.2, 0.25) is 0 Å². The SMILES string of the molecule is CCN(CC1CCC1)c1cccc(OC)c1[C@@H](C)O. The van der Waals surface area contributed by atoms with Crippen LogP contribution < -0.4 is 9.64 Å². The van der Waals surface area contributed by atoms with Gasteiger partial charge in [0.25, 0.3) is 0 Å². The van der Waals surface area contributed by atoms with Crippen molar-refractivity contribution in [2.45, 2.75) is 39.2 Å². The second-order valence-electron chi connectivity index (χ2n) is 5.40. The van der Waals surface area contributed by atoms with Gasteiger partial charge >= 0.3 is 0 Å². The van der Waals surface area contributed by atoms with E-state index in [4.69, 9.17) is 4.74 Å². The van der Waals surface area contributed by atoms with E-state index in [1.54, 1.807) is 14.0 Å². The average molecular weight is 263 g/mol. The van der Waals surface area contributed by atoms with Crippen molar-refractivity contribution in [2.24, 2.45) is 5.92 Å². The summed E-state index contributed by atoms with van der Waals surface area (Å²) in [6.45, 7) is 6.02. The van der Waals surface area contributed by atoms with Crippen molar-refractivity contribution in [1.82, 2.24) is 0 Å². The Labute approximate surface area is 116 Å². The highest BCUT2D eigenvalue weighted by Crippen LogP contribution is 2.36. The Balaban J connectivity index is 2.29. The molecule has 1 aromatic rings. The Morgan fingerprint density at radius 3 is 2.63 bits per heavy atom. The maximum Gasteiger partial charge on any atom is 0.126 e. The number of anilines is 1. The molecule has 19 heavy (non-hydrogen) atoms. The molecular formula is C16H25NO2. The minimum absolute atomic E-state index is 0.512. The van der Waals surface area contributed by atoms with E-state index < -0.39 is 6.10 Å². The average Bonchev–Trinajstić information content (AvgIpc) is 2.36. The van der Waals surface area contributed by atoms with Gasteiger partial charge in [-0.25, -0.2) is 0 Å². The van der Waals surface area contributed by atoms with E-state index in [-0.39, 0.29) is 0 Å². The largest absolute Gasteiger partial charge is 0.496 e. The van der Waals surface area contributed by atoms with Gasteiger partial charge in [-0.2, -0.15) is 0 Å². The molecule has 0 bridgehead atoms. The minimum atomic E-state index is -0.512. The number of methoxy groups -OCH3 is 1. The highest BCUT2D eigenvalue weighted by atomic mass is 16.5. The zero-order chi connectivity index (χ0) is 13.8. The molecule has 0 heterocycles. The van der Waals surface area contributed by atoms with Gasteiger partial charge in [-0.05, 0) is 44.7 Å². The Kier molecular flexibility index (Phi) is 4.70. The number of benzene rings is 1. The van der Waals surface area contributed by atoms with E-state index >= 15 is 0 Å². The molecule has 3 nitrogen and oxygen atoms in total. The molecule has 0 unspecified atom stereocenters. The van der Waals surface area contributed by atoms with Crippen LogP contribution >= 0.6 is 0 Å². The van der Waals surface area contributed by atoms with Crippen LogP contribution in [0.3, 0.4) is 0 Å². The molecule has 0 aromatic heterocycles. The molecular weight excluding hydrogens is 238 g/mol. The Bertz CT molecular complexity index is 413. The number of aliphatic hydroxyl groups excluding tert-OH is 1. The van der Waals surface area contributed by atoms with Crippen molar-refractivity contribution in [3.8, 4) is 5.75 Å². The summed E-state index contributed by atoms with van der Waals surface area (Å²) in [6.07, 6.45) is 3.53. The molecule has 1 atom stereocenters. The highest BCUT2D eigenvalue weighted by molar-refractivity contribution is 5.60. The summed E-state index contributed by atoms with van der Waals surface area (Å²) in [4.78, 5) is 2.37. The third-order valence-corrected chi connectivity index (χ3v) is 4.11. The number of hydrogen-bond acceptors (Lipinski definition) is 3. The fourth-order valence-corrected chi connectivity index (χ4v) is 2.79. The van der Waals surface area contributed by atoms with Gasteiger partial charge in [0.15, 0.2) is 0 Å². The van der Waals surface area contributed by atoms with Crippen LogP contribution in [-0.2, 0) is 0 Å². The van der Waals surface area contributed by atoms with Gasteiger partial charge < -0.3 is 14.7 Å². The first-order chi connectivity index (χ1) is 9.17. The molecule has 0 aliphatic heterocycles. The Hall–Kier alpha value is -1.22. The van der Waals surface area contributed by atoms with Gasteiger partial charge in [0, 0.05) is 24.3 Å². The zero-order valence-corrected chi connectivity index (χ0v) is 12.2. The molecule has 1 aromatic carbocycles. The predicted octanol–water partition coefficient (Wildman–Crippen LogP) is 3.37. The molecule has 0 saturated heterocycles. The maximum absolute atomic E-state index is 10.1. The van der Waals surface area contributed by atoms with E-state index in [1.165, 1.54) is 19.3 Å². The van der Waals surface area contributed by atoms with Gasteiger partial charge in [-0.3, -0.25) is 0 Å². The van der Waals surface area contributed by atoms with Crippen LogP contribution in [-0.4, -0.2) is 25.3 Å². The summed E-state index contributed by atoms with van der Waals surface area (Å²) >= 11 is 0. The molecule has 0 spiro atoms. The lowest BCUT2D eigenvalue weighted by Gasteiger charge is -2.34. The van der Waals surface area contributed by atoms with E-state index in [2.05, 4.69) is 17.9 Å². The third-order valence-electron chi connectivity index (χ3n) is 4.11. The van der Waals surface area contributed by atoms with E-state index in [1.807, 2.05) is 12.1 Å². The topological polar surface area (TPSA) is 32.7 Å². The summed E-state index contributed by atoms with van der Waals surface area (Å²) in [7, 11) is 1.66. The zero-order valence-electron chi connectivity index (χ0n) is 12.2. The Morgan fingerprint density at radius 1 is 1.42 bits per heavy atom. The van der Waals surface area contributed by atoms with Gasteiger partial charge in [0.05, 0.1) is 13.2 Å². The van der Waals surface area contributed by atoms with Gasteiger partial charge in [-0.15, -0.1) is 0 Å². The number of aliphatic hydroxyl groups is 1. The normalized spacial score (nSPS) is 16.8. The first kappa shape index (κ1) is 14.2. The molecule has 0 amide bonds. The number of ether oxygens (including phenoxy) is 1. The summed E-state index contributed by atoms with van der Waals surface area (Å²) in [5, 5.41) is 10.1. The van der Waals surface area contributed by atoms with Crippen LogP contribution in [0.4, 0.5) is 5.69 Å². The number of rotatable bonds is 6. The smallest absolute Gasteiger partial charge is 0.126 e. The third kappa shape index (κ3) is 3.03. The quantitative estimate of drug-likeness (QED) is 0.854. The van der Waals surface area contributed by atoms with Crippen molar-refractivity contribution in [1.29, 1.82) is 0 Å². The molecule has 1 fully saturated rings. The standard InChI is InChI=1S/C16H25NO2/c1-4-17(11-13-7-5-8-13)14-9-6-10-15(19-3)16(14)12(2)18/h6,9-10,12-13,18H,4-5,7-8,11H2,1-3H3/t12-/m1/s1. The number of nitrogens with zero attached hydrogens (tertiary/aromatic N) is 1. The fourth-order valence-electron chi connectivity index (χ4n) is 2.79. The Morgan fingerprint density at radius 2 is 2.16 bits per heavy atom. The molecule has 2 rings (SSSR count). The van der Waals surface area contributed by atoms with Gasteiger partial charge in [-0.1, -0.05) is 12.5 Å². The second-order valence-corrected chi connectivity index (χ2v) is 5.40. The summed E-state index contributed by atoms with van der Waals surface area (Å²) in [5.41, 5.74) is 2.02. The lowest BCUT2D eigenvalue weighted by atomic mass is 9.85. The van der Waals surface area contributed by atoms with Crippen LogP contribution in [0.1, 0.15) is 44.8 Å². The highest BCUT2D eigenvalue weighted by Gasteiger charge is 2.23. The summed E-state index contributed by atoms with van der Waals surface area (Å²) in [5.74, 6) is 1.59. The van der Waals surface area contributed by atoms with Crippen LogP contribution in [0.5, 0.6) is 5.75 Å². The lowest BCUT2D eigenvalue weighted by Crippen LogP contribution is -2.33. The maximum atomic E-state index is 10.1. The van der Waals surface area contributed by atoms with Crippen molar-refractivity contribution in [3.05, 3.63) is 23.8 Å². The summed E-state index contributed by atoms with van der Waals surface area (Å²) in [6, 6.07) is 6.01. The van der Waals surface area contributed by atoms with Crippen LogP contribution in [0.2, 0.25) is 0 Å². The molecule has 1 saturated carbocycles. The van der Waals surface area contributed by atoms with Gasteiger partial charge in [0.1, 0.15) is 5.75 Å². The van der Waals surface area contributed by atoms with Crippen molar-refractivity contribution in [2.75, 3.05) is 25.1 Å². The van der Waals surface area contributed by atoms with Crippen molar-refractivity contribution in [3.63, 3.8) is 0 Å². The molecule has 1 aliphatic carbocycles. The van der Waals surface area contributed by atoms with Crippen LogP contribution in [0.15, 0.2) is 18.2 Å². The molecule has 0 radical (unpaired) electrons. The predicted molar refractivity (Wildman–Crippen MR) is 78.9 cm³/mol. The second kappa shape index (κ2) is 6.29. The van der Waals surface area contributed by atoms with Crippen LogP contribution in [0, 0.1) is 5.92 Å². The molecule has 106 valence electrons. The molecule has 1 aliphatic rings. The van der Waals surface area contributed by atoms with Crippen molar-refractivity contribution < 1.29 is 9.84 Å². The van der Waals surface area contributed by atoms with Crippen LogP contribution in [0.25, 0.3) is 0 Å². The van der Waals surface area contributed by atoms with E-state index in [9.17, 15) is 5.11 Å².